The van der Waals surface area contributed by atoms with Gasteiger partial charge in [-0.1, -0.05) is 0 Å². The van der Waals surface area contributed by atoms with Crippen LogP contribution < -0.4 is 11.2 Å². The van der Waals surface area contributed by atoms with Crippen LogP contribution in [0.2, 0.25) is 0 Å². The number of imidazole rings is 1. The second-order valence-corrected chi connectivity index (χ2v) is 4.67. The Labute approximate surface area is 95.3 Å². The molecule has 0 aliphatic carbocycles. The molecule has 0 saturated carbocycles. The van der Waals surface area contributed by atoms with Crippen LogP contribution in [0.15, 0.2) is 0 Å². The predicted molar refractivity (Wildman–Crippen MR) is 64.1 cm³/mol. The highest BCUT2D eigenvalue weighted by Crippen LogP contribution is 2.13. The summed E-state index contributed by atoms with van der Waals surface area (Å²) in [4.78, 5) is 14.7. The van der Waals surface area contributed by atoms with Crippen LogP contribution in [0.5, 0.6) is 0 Å². The smallest absolute Gasteiger partial charge is 0.162 e. The maximum atomic E-state index is 10.4. The molecule has 0 aliphatic rings. The van der Waals surface area contributed by atoms with E-state index >= 15 is 0 Å². The van der Waals surface area contributed by atoms with E-state index < -0.39 is 0 Å². The Morgan fingerprint density at radius 2 is 2.19 bits per heavy atom. The SMILES string of the molecule is Cc1nc(C=C=O)n(NC(C)(C)C)c1CN. The molecule has 0 saturated heterocycles. The van der Waals surface area contributed by atoms with Crippen LogP contribution >= 0.6 is 0 Å². The third-order valence-electron chi connectivity index (χ3n) is 2.03. The molecule has 3 N–H and O–H groups in total. The molecular weight excluding hydrogens is 204 g/mol. The van der Waals surface area contributed by atoms with Gasteiger partial charge in [-0.15, -0.1) is 0 Å². The van der Waals surface area contributed by atoms with Crippen LogP contribution in [-0.2, 0) is 11.3 Å². The van der Waals surface area contributed by atoms with Gasteiger partial charge < -0.3 is 11.2 Å². The molecule has 0 unspecified atom stereocenters. The lowest BCUT2D eigenvalue weighted by Gasteiger charge is -2.25. The van der Waals surface area contributed by atoms with Crippen molar-refractivity contribution in [3.63, 3.8) is 0 Å². The minimum absolute atomic E-state index is 0.136. The summed E-state index contributed by atoms with van der Waals surface area (Å²) in [5, 5.41) is 0. The maximum absolute atomic E-state index is 10.4. The summed E-state index contributed by atoms with van der Waals surface area (Å²) in [7, 11) is 0. The van der Waals surface area contributed by atoms with E-state index in [0.29, 0.717) is 12.4 Å². The Morgan fingerprint density at radius 3 is 2.62 bits per heavy atom. The van der Waals surface area contributed by atoms with Crippen LogP contribution in [0.3, 0.4) is 0 Å². The Balaban J connectivity index is 3.25. The second kappa shape index (κ2) is 4.51. The van der Waals surface area contributed by atoms with Crippen molar-refractivity contribution in [2.45, 2.75) is 39.8 Å². The van der Waals surface area contributed by atoms with Crippen LogP contribution in [0, 0.1) is 6.92 Å². The van der Waals surface area contributed by atoms with Crippen molar-refractivity contribution in [1.82, 2.24) is 9.66 Å². The zero-order chi connectivity index (χ0) is 12.3. The van der Waals surface area contributed by atoms with Crippen molar-refractivity contribution in [1.29, 1.82) is 0 Å². The van der Waals surface area contributed by atoms with Gasteiger partial charge in [-0.2, -0.15) is 0 Å². The molecule has 0 atom stereocenters. The fourth-order valence-electron chi connectivity index (χ4n) is 1.44. The highest BCUT2D eigenvalue weighted by Gasteiger charge is 2.16. The van der Waals surface area contributed by atoms with Gasteiger partial charge in [0.1, 0.15) is 5.94 Å². The number of carbonyl (C=O) groups excluding carboxylic acids is 1. The second-order valence-electron chi connectivity index (χ2n) is 4.67. The van der Waals surface area contributed by atoms with Gasteiger partial charge in [-0.3, -0.25) is 0 Å². The number of aryl methyl sites for hydroxylation is 1. The Kier molecular flexibility index (Phi) is 3.52. The molecule has 88 valence electrons. The summed E-state index contributed by atoms with van der Waals surface area (Å²) in [5.74, 6) is 2.27. The molecule has 1 heterocycles. The molecule has 0 spiro atoms. The minimum Gasteiger partial charge on any atom is -0.325 e. The Hall–Kier alpha value is -1.58. The summed E-state index contributed by atoms with van der Waals surface area (Å²) in [5.41, 5.74) is 10.5. The van der Waals surface area contributed by atoms with Crippen LogP contribution in [-0.4, -0.2) is 21.1 Å². The zero-order valence-corrected chi connectivity index (χ0v) is 10.2. The van der Waals surface area contributed by atoms with E-state index in [1.807, 2.05) is 27.7 Å². The van der Waals surface area contributed by atoms with E-state index in [1.54, 1.807) is 10.6 Å². The van der Waals surface area contributed by atoms with Gasteiger partial charge in [0.05, 0.1) is 17.5 Å². The Morgan fingerprint density at radius 1 is 1.56 bits per heavy atom. The number of hydrogen-bond acceptors (Lipinski definition) is 4. The molecule has 0 fully saturated rings. The van der Waals surface area contributed by atoms with Gasteiger partial charge in [-0.05, 0) is 27.7 Å². The number of nitrogens with two attached hydrogens (primary N) is 1. The van der Waals surface area contributed by atoms with Crippen LogP contribution in [0.1, 0.15) is 38.0 Å². The van der Waals surface area contributed by atoms with E-state index in [0.717, 1.165) is 11.4 Å². The summed E-state index contributed by atoms with van der Waals surface area (Å²) < 4.78 is 1.75. The first-order valence-electron chi connectivity index (χ1n) is 5.16. The Bertz CT molecular complexity index is 422. The number of hydrogen-bond donors (Lipinski definition) is 2. The molecule has 0 aromatic carbocycles. The van der Waals surface area contributed by atoms with Crippen LogP contribution in [0.25, 0.3) is 6.08 Å². The van der Waals surface area contributed by atoms with E-state index in [-0.39, 0.29) is 5.54 Å². The third kappa shape index (κ3) is 2.72. The summed E-state index contributed by atoms with van der Waals surface area (Å²) in [6, 6.07) is 0. The van der Waals surface area contributed by atoms with E-state index in [4.69, 9.17) is 5.73 Å². The zero-order valence-electron chi connectivity index (χ0n) is 10.2. The summed E-state index contributed by atoms with van der Waals surface area (Å²) in [6.07, 6.45) is 1.30. The highest BCUT2D eigenvalue weighted by atomic mass is 16.1. The van der Waals surface area contributed by atoms with Crippen molar-refractivity contribution in [3.05, 3.63) is 17.2 Å². The number of rotatable bonds is 3. The van der Waals surface area contributed by atoms with Gasteiger partial charge in [0.25, 0.3) is 0 Å². The highest BCUT2D eigenvalue weighted by molar-refractivity contribution is 5.72. The molecule has 1 aromatic heterocycles. The van der Waals surface area contributed by atoms with Gasteiger partial charge in [-0.25, -0.2) is 14.5 Å². The average molecular weight is 222 g/mol. The van der Waals surface area contributed by atoms with Crippen molar-refractivity contribution in [2.24, 2.45) is 5.73 Å². The minimum atomic E-state index is -0.136. The maximum Gasteiger partial charge on any atom is 0.162 e. The van der Waals surface area contributed by atoms with E-state index in [1.165, 1.54) is 6.08 Å². The number of nitrogens with zero attached hydrogens (tertiary/aromatic N) is 2. The van der Waals surface area contributed by atoms with Gasteiger partial charge in [0.2, 0.25) is 0 Å². The van der Waals surface area contributed by atoms with Crippen molar-refractivity contribution in [3.8, 4) is 0 Å². The van der Waals surface area contributed by atoms with E-state index in [2.05, 4.69) is 10.4 Å². The van der Waals surface area contributed by atoms with Crippen molar-refractivity contribution in [2.75, 3.05) is 5.43 Å². The van der Waals surface area contributed by atoms with E-state index in [9.17, 15) is 4.79 Å². The molecule has 0 aliphatic heterocycles. The van der Waals surface area contributed by atoms with Gasteiger partial charge >= 0.3 is 0 Å². The van der Waals surface area contributed by atoms with Gasteiger partial charge in [0, 0.05) is 12.1 Å². The lowest BCUT2D eigenvalue weighted by Crippen LogP contribution is -2.36. The molecule has 1 rings (SSSR count). The summed E-state index contributed by atoms with van der Waals surface area (Å²) in [6.45, 7) is 8.31. The largest absolute Gasteiger partial charge is 0.325 e. The quantitative estimate of drug-likeness (QED) is 0.743. The van der Waals surface area contributed by atoms with Crippen LogP contribution in [0.4, 0.5) is 0 Å². The lowest BCUT2D eigenvalue weighted by atomic mass is 10.1. The lowest BCUT2D eigenvalue weighted by molar-refractivity contribution is 0.542. The molecule has 0 radical (unpaired) electrons. The fraction of sp³-hybridized carbons (Fsp3) is 0.545. The predicted octanol–water partition coefficient (Wildman–Crippen LogP) is 0.837. The first kappa shape index (κ1) is 12.5. The standard InChI is InChI=1S/C11H18N4O/c1-8-9(7-12)15(14-11(2,3)4)10(13-8)5-6-16/h5,14H,7,12H2,1-4H3. The number of aromatic nitrogens is 2. The normalized spacial score (nSPS) is 11.1. The average Bonchev–Trinajstić information content (AvgIpc) is 2.41. The molecular formula is C11H18N4O. The summed E-state index contributed by atoms with van der Waals surface area (Å²) >= 11 is 0. The molecule has 0 amide bonds. The van der Waals surface area contributed by atoms with Crippen molar-refractivity contribution < 1.29 is 4.79 Å². The first-order chi connectivity index (χ1) is 7.39. The molecule has 1 aromatic rings. The topological polar surface area (TPSA) is 72.9 Å². The molecule has 16 heavy (non-hydrogen) atoms. The third-order valence-corrected chi connectivity index (χ3v) is 2.03. The molecule has 0 bridgehead atoms. The molecule has 5 nitrogen and oxygen atoms in total. The monoisotopic (exact) mass is 222 g/mol. The fourth-order valence-corrected chi connectivity index (χ4v) is 1.44. The molecule has 5 heteroatoms. The first-order valence-corrected chi connectivity index (χ1v) is 5.16. The number of nitrogens with one attached hydrogen (secondary N) is 1. The van der Waals surface area contributed by atoms with Gasteiger partial charge in [0.15, 0.2) is 5.82 Å². The van der Waals surface area contributed by atoms with Crippen molar-refractivity contribution >= 4 is 12.0 Å².